The van der Waals surface area contributed by atoms with Gasteiger partial charge in [-0.25, -0.2) is 9.78 Å². The van der Waals surface area contributed by atoms with Crippen LogP contribution < -0.4 is 4.74 Å². The number of halogens is 2. The molecule has 0 fully saturated rings. The predicted octanol–water partition coefficient (Wildman–Crippen LogP) is 1.89. The molecule has 0 atom stereocenters. The molecule has 0 aliphatic heterocycles. The van der Waals surface area contributed by atoms with Crippen LogP contribution >= 0.6 is 11.6 Å². The first-order valence-corrected chi connectivity index (χ1v) is 5.10. The van der Waals surface area contributed by atoms with E-state index in [0.29, 0.717) is 6.29 Å². The summed E-state index contributed by atoms with van der Waals surface area (Å²) in [4.78, 5) is 26.2. The predicted molar refractivity (Wildman–Crippen MR) is 58.5 cm³/mol. The van der Waals surface area contributed by atoms with E-state index < -0.39 is 17.8 Å². The summed E-state index contributed by atoms with van der Waals surface area (Å²) in [5, 5.41) is -0.182. The third kappa shape index (κ3) is 3.67. The fourth-order valence-electron chi connectivity index (χ4n) is 0.972. The maximum Gasteiger partial charge on any atom is 0.416 e. The summed E-state index contributed by atoms with van der Waals surface area (Å²) in [6.45, 7) is 0.185. The fourth-order valence-corrected chi connectivity index (χ4v) is 1.11. The highest BCUT2D eigenvalue weighted by Gasteiger charge is 2.16. The quantitative estimate of drug-likeness (QED) is 0.776. The molecule has 0 aliphatic rings. The molecule has 5 nitrogen and oxygen atoms in total. The molecule has 1 heterocycles. The molecule has 0 N–H and O–H groups in total. The molecular formula is C10H10ClFN2O3. The second kappa shape index (κ2) is 6.15. The molecule has 92 valence electrons. The van der Waals surface area contributed by atoms with Gasteiger partial charge in [0, 0.05) is 26.2 Å². The first-order valence-electron chi connectivity index (χ1n) is 4.73. The third-order valence-corrected chi connectivity index (χ3v) is 2.18. The third-order valence-electron chi connectivity index (χ3n) is 1.89. The number of nitrogens with zero attached hydrogens (tertiary/aromatic N) is 2. The normalized spacial score (nSPS) is 9.82. The van der Waals surface area contributed by atoms with Gasteiger partial charge in [-0.3, -0.25) is 0 Å². The van der Waals surface area contributed by atoms with Crippen LogP contribution in [0.2, 0.25) is 5.02 Å². The topological polar surface area (TPSA) is 59.5 Å². The highest BCUT2D eigenvalue weighted by molar-refractivity contribution is 6.30. The molecule has 0 aromatic carbocycles. The molecule has 0 saturated carbocycles. The lowest BCUT2D eigenvalue weighted by Gasteiger charge is -2.14. The lowest BCUT2D eigenvalue weighted by Crippen LogP contribution is -2.31. The van der Waals surface area contributed by atoms with Gasteiger partial charge < -0.3 is 14.4 Å². The highest BCUT2D eigenvalue weighted by atomic mass is 35.5. The molecule has 1 amide bonds. The summed E-state index contributed by atoms with van der Waals surface area (Å²) in [7, 11) is 1.42. The van der Waals surface area contributed by atoms with Crippen molar-refractivity contribution >= 4 is 24.0 Å². The maximum absolute atomic E-state index is 13.3. The monoisotopic (exact) mass is 260 g/mol. The Morgan fingerprint density at radius 3 is 3.06 bits per heavy atom. The lowest BCUT2D eigenvalue weighted by molar-refractivity contribution is -0.108. The van der Waals surface area contributed by atoms with Crippen molar-refractivity contribution in [1.29, 1.82) is 0 Å². The van der Waals surface area contributed by atoms with Gasteiger partial charge in [0.15, 0.2) is 0 Å². The van der Waals surface area contributed by atoms with Gasteiger partial charge >= 0.3 is 6.09 Å². The Labute approximate surface area is 102 Å². The highest BCUT2D eigenvalue weighted by Crippen LogP contribution is 2.21. The van der Waals surface area contributed by atoms with Gasteiger partial charge in [-0.1, -0.05) is 11.6 Å². The summed E-state index contributed by atoms with van der Waals surface area (Å²) in [6.07, 6.45) is 1.26. The zero-order valence-electron chi connectivity index (χ0n) is 9.02. The second-order valence-corrected chi connectivity index (χ2v) is 3.56. The first kappa shape index (κ1) is 13.4. The number of amides is 1. The Hall–Kier alpha value is -1.69. The number of pyridine rings is 1. The van der Waals surface area contributed by atoms with E-state index in [0.717, 1.165) is 4.90 Å². The minimum Gasteiger partial charge on any atom is -0.388 e. The van der Waals surface area contributed by atoms with Gasteiger partial charge in [-0.15, -0.1) is 0 Å². The van der Waals surface area contributed by atoms with Crippen molar-refractivity contribution in [2.45, 2.75) is 6.42 Å². The molecule has 0 saturated heterocycles. The minimum atomic E-state index is -0.897. The Morgan fingerprint density at radius 2 is 2.41 bits per heavy atom. The molecular weight excluding hydrogens is 251 g/mol. The molecule has 0 bridgehead atoms. The van der Waals surface area contributed by atoms with Crippen molar-refractivity contribution in [2.24, 2.45) is 0 Å². The van der Waals surface area contributed by atoms with Crippen LogP contribution in [0.4, 0.5) is 9.18 Å². The number of rotatable bonds is 4. The van der Waals surface area contributed by atoms with Gasteiger partial charge in [0.2, 0.25) is 5.82 Å². The number of aldehydes is 1. The molecule has 0 aliphatic carbocycles. The Balaban J connectivity index is 2.67. The van der Waals surface area contributed by atoms with Crippen molar-refractivity contribution in [3.8, 4) is 5.88 Å². The van der Waals surface area contributed by atoms with Crippen molar-refractivity contribution in [3.05, 3.63) is 23.1 Å². The molecule has 1 aromatic heterocycles. The van der Waals surface area contributed by atoms with Crippen molar-refractivity contribution in [3.63, 3.8) is 0 Å². The van der Waals surface area contributed by atoms with E-state index in [1.54, 1.807) is 0 Å². The lowest BCUT2D eigenvalue weighted by atomic mass is 10.4. The largest absolute Gasteiger partial charge is 0.416 e. The number of hydrogen-bond acceptors (Lipinski definition) is 4. The average molecular weight is 261 g/mol. The standard InChI is InChI=1S/C10H10ClFN2O3/c1-14(5-2-6-15)10(16)17-9-8(12)7(11)3-4-13-9/h3-4,6H,2,5H2,1H3. The van der Waals surface area contributed by atoms with E-state index in [4.69, 9.17) is 11.6 Å². The van der Waals surface area contributed by atoms with Crippen molar-refractivity contribution < 1.29 is 18.7 Å². The van der Waals surface area contributed by atoms with E-state index in [-0.39, 0.29) is 18.0 Å². The maximum atomic E-state index is 13.3. The van der Waals surface area contributed by atoms with Crippen molar-refractivity contribution in [2.75, 3.05) is 13.6 Å². The van der Waals surface area contributed by atoms with Gasteiger partial charge in [-0.05, 0) is 6.07 Å². The average Bonchev–Trinajstić information content (AvgIpc) is 2.31. The van der Waals surface area contributed by atoms with Crippen LogP contribution in [-0.2, 0) is 4.79 Å². The number of carbonyl (C=O) groups excluding carboxylic acids is 2. The molecule has 0 unspecified atom stereocenters. The first-order chi connectivity index (χ1) is 8.06. The van der Waals surface area contributed by atoms with Crippen molar-refractivity contribution in [1.82, 2.24) is 9.88 Å². The fraction of sp³-hybridized carbons (Fsp3) is 0.300. The van der Waals surface area contributed by atoms with E-state index in [1.165, 1.54) is 19.3 Å². The Morgan fingerprint density at radius 1 is 1.71 bits per heavy atom. The zero-order valence-corrected chi connectivity index (χ0v) is 9.78. The summed E-state index contributed by atoms with van der Waals surface area (Å²) >= 11 is 5.49. The molecule has 7 heteroatoms. The van der Waals surface area contributed by atoms with E-state index in [1.807, 2.05) is 0 Å². The minimum absolute atomic E-state index is 0.178. The Kier molecular flexibility index (Phi) is 4.84. The SMILES string of the molecule is CN(CCC=O)C(=O)Oc1nccc(Cl)c1F. The van der Waals surface area contributed by atoms with Gasteiger partial charge in [0.25, 0.3) is 5.88 Å². The van der Waals surface area contributed by atoms with E-state index in [9.17, 15) is 14.0 Å². The number of hydrogen-bond donors (Lipinski definition) is 0. The summed E-state index contributed by atoms with van der Waals surface area (Å²) in [5.74, 6) is -1.38. The van der Waals surface area contributed by atoms with Crippen LogP contribution in [0.1, 0.15) is 6.42 Å². The van der Waals surface area contributed by atoms with Crippen LogP contribution in [-0.4, -0.2) is 35.9 Å². The van der Waals surface area contributed by atoms with Gasteiger partial charge in [0.1, 0.15) is 6.29 Å². The van der Waals surface area contributed by atoms with Crippen LogP contribution in [0.25, 0.3) is 0 Å². The van der Waals surface area contributed by atoms with Gasteiger partial charge in [-0.2, -0.15) is 4.39 Å². The summed E-state index contributed by atoms with van der Waals surface area (Å²) in [6, 6.07) is 1.24. The van der Waals surface area contributed by atoms with Crippen LogP contribution in [0.5, 0.6) is 5.88 Å². The summed E-state index contributed by atoms with van der Waals surface area (Å²) < 4.78 is 18.0. The van der Waals surface area contributed by atoms with Crippen LogP contribution in [0, 0.1) is 5.82 Å². The smallest absolute Gasteiger partial charge is 0.388 e. The van der Waals surface area contributed by atoms with E-state index in [2.05, 4.69) is 9.72 Å². The Bertz CT molecular complexity index is 428. The molecule has 17 heavy (non-hydrogen) atoms. The zero-order chi connectivity index (χ0) is 12.8. The summed E-state index contributed by atoms with van der Waals surface area (Å²) in [5.41, 5.74) is 0. The number of carbonyl (C=O) groups is 2. The molecule has 0 radical (unpaired) electrons. The molecule has 1 rings (SSSR count). The van der Waals surface area contributed by atoms with Gasteiger partial charge in [0.05, 0.1) is 5.02 Å². The van der Waals surface area contributed by atoms with E-state index >= 15 is 0 Å². The second-order valence-electron chi connectivity index (χ2n) is 3.16. The number of ether oxygens (including phenoxy) is 1. The number of aromatic nitrogens is 1. The van der Waals surface area contributed by atoms with Crippen LogP contribution in [0.15, 0.2) is 12.3 Å². The molecule has 0 spiro atoms. The van der Waals surface area contributed by atoms with Crippen LogP contribution in [0.3, 0.4) is 0 Å². The molecule has 1 aromatic rings.